The van der Waals surface area contributed by atoms with Crippen LogP contribution in [0.25, 0.3) is 0 Å². The molecular weight excluding hydrogens is 174 g/mol. The lowest BCUT2D eigenvalue weighted by atomic mass is 9.92. The van der Waals surface area contributed by atoms with Gasteiger partial charge in [-0.25, -0.2) is 0 Å². The number of hydrogen-bond acceptors (Lipinski definition) is 2. The van der Waals surface area contributed by atoms with E-state index in [2.05, 4.69) is 25.8 Å². The minimum absolute atomic E-state index is 0.457. The van der Waals surface area contributed by atoms with Crippen LogP contribution in [0.2, 0.25) is 0 Å². The van der Waals surface area contributed by atoms with Crippen molar-refractivity contribution in [1.82, 2.24) is 4.90 Å². The van der Waals surface area contributed by atoms with Crippen LogP contribution in [-0.2, 0) is 4.79 Å². The zero-order chi connectivity index (χ0) is 10.6. The van der Waals surface area contributed by atoms with Crippen LogP contribution < -0.4 is 0 Å². The Morgan fingerprint density at radius 2 is 2.07 bits per heavy atom. The molecule has 14 heavy (non-hydrogen) atoms. The Hall–Kier alpha value is -0.370. The average Bonchev–Trinajstić information content (AvgIpc) is 2.19. The first-order valence-electron chi connectivity index (χ1n) is 5.92. The fraction of sp³-hybridized carbons (Fsp3) is 0.917. The van der Waals surface area contributed by atoms with Gasteiger partial charge in [0.1, 0.15) is 5.78 Å². The Morgan fingerprint density at radius 1 is 1.43 bits per heavy atom. The molecule has 0 aromatic carbocycles. The van der Waals surface area contributed by atoms with E-state index < -0.39 is 0 Å². The highest BCUT2D eigenvalue weighted by molar-refractivity contribution is 5.79. The first-order chi connectivity index (χ1) is 6.69. The summed E-state index contributed by atoms with van der Waals surface area (Å²) in [4.78, 5) is 13.8. The van der Waals surface area contributed by atoms with Crippen molar-refractivity contribution in [3.8, 4) is 0 Å². The molecule has 0 heterocycles. The third-order valence-corrected chi connectivity index (χ3v) is 3.55. The highest BCUT2D eigenvalue weighted by Gasteiger charge is 2.25. The molecule has 1 atom stereocenters. The van der Waals surface area contributed by atoms with E-state index in [1.807, 2.05) is 0 Å². The van der Waals surface area contributed by atoms with E-state index in [9.17, 15) is 4.79 Å². The Kier molecular flexibility index (Phi) is 4.59. The summed E-state index contributed by atoms with van der Waals surface area (Å²) in [6.45, 7) is 4.46. The number of nitrogens with zero attached hydrogens (tertiary/aromatic N) is 1. The van der Waals surface area contributed by atoms with Crippen LogP contribution in [0.1, 0.15) is 52.4 Å². The average molecular weight is 197 g/mol. The van der Waals surface area contributed by atoms with Gasteiger partial charge >= 0.3 is 0 Å². The van der Waals surface area contributed by atoms with Crippen molar-refractivity contribution >= 4 is 5.78 Å². The van der Waals surface area contributed by atoms with Gasteiger partial charge in [-0.15, -0.1) is 0 Å². The Morgan fingerprint density at radius 3 is 2.57 bits per heavy atom. The molecule has 1 saturated carbocycles. The molecule has 82 valence electrons. The molecule has 1 unspecified atom stereocenters. The van der Waals surface area contributed by atoms with Crippen LogP contribution in [0.5, 0.6) is 0 Å². The number of carbonyl (C=O) groups is 1. The molecular formula is C12H23NO. The molecule has 0 aromatic heterocycles. The van der Waals surface area contributed by atoms with E-state index in [1.165, 1.54) is 19.3 Å². The molecule has 2 heteroatoms. The fourth-order valence-corrected chi connectivity index (χ4v) is 2.51. The third kappa shape index (κ3) is 2.81. The zero-order valence-corrected chi connectivity index (χ0v) is 9.75. The van der Waals surface area contributed by atoms with Crippen LogP contribution in [0.4, 0.5) is 0 Å². The smallest absolute Gasteiger partial charge is 0.134 e. The summed E-state index contributed by atoms with van der Waals surface area (Å²) in [5.74, 6) is 0.457. The molecule has 1 aliphatic rings. The van der Waals surface area contributed by atoms with Gasteiger partial charge in [0, 0.05) is 24.9 Å². The van der Waals surface area contributed by atoms with Gasteiger partial charge in [0.25, 0.3) is 0 Å². The number of rotatable bonds is 4. The standard InChI is InChI=1S/C12H23NO/c1-4-10(5-2)13(3)11-7-6-8-12(14)9-11/h10-11H,4-9H2,1-3H3. The minimum Gasteiger partial charge on any atom is -0.300 e. The molecule has 0 bridgehead atoms. The lowest BCUT2D eigenvalue weighted by molar-refractivity contribution is -0.122. The fourth-order valence-electron chi connectivity index (χ4n) is 2.51. The molecule has 0 saturated heterocycles. The Balaban J connectivity index is 2.49. The van der Waals surface area contributed by atoms with Gasteiger partial charge in [0.2, 0.25) is 0 Å². The lowest BCUT2D eigenvalue weighted by Crippen LogP contribution is -2.42. The van der Waals surface area contributed by atoms with E-state index in [0.717, 1.165) is 19.3 Å². The molecule has 0 aromatic rings. The number of Topliss-reactive ketones (excluding diaryl/α,β-unsaturated/α-hetero) is 1. The van der Waals surface area contributed by atoms with Crippen molar-refractivity contribution < 1.29 is 4.79 Å². The zero-order valence-electron chi connectivity index (χ0n) is 9.75. The van der Waals surface area contributed by atoms with Gasteiger partial charge in [0.05, 0.1) is 0 Å². The van der Waals surface area contributed by atoms with Crippen LogP contribution in [0, 0.1) is 0 Å². The molecule has 0 radical (unpaired) electrons. The van der Waals surface area contributed by atoms with Gasteiger partial charge < -0.3 is 4.90 Å². The third-order valence-electron chi connectivity index (χ3n) is 3.55. The molecule has 1 rings (SSSR count). The van der Waals surface area contributed by atoms with Crippen molar-refractivity contribution in [2.24, 2.45) is 0 Å². The SMILES string of the molecule is CCC(CC)N(C)C1CCCC(=O)C1. The van der Waals surface area contributed by atoms with Crippen molar-refractivity contribution in [2.45, 2.75) is 64.5 Å². The van der Waals surface area contributed by atoms with Crippen molar-refractivity contribution in [3.05, 3.63) is 0 Å². The largest absolute Gasteiger partial charge is 0.300 e. The maximum atomic E-state index is 11.4. The predicted octanol–water partition coefficient (Wildman–Crippen LogP) is 2.62. The molecule has 1 fully saturated rings. The maximum absolute atomic E-state index is 11.4. The maximum Gasteiger partial charge on any atom is 0.134 e. The van der Waals surface area contributed by atoms with Crippen molar-refractivity contribution in [3.63, 3.8) is 0 Å². The summed E-state index contributed by atoms with van der Waals surface area (Å²) in [7, 11) is 2.18. The summed E-state index contributed by atoms with van der Waals surface area (Å²) >= 11 is 0. The molecule has 0 spiro atoms. The first kappa shape index (κ1) is 11.7. The second-order valence-corrected chi connectivity index (χ2v) is 4.42. The van der Waals surface area contributed by atoms with E-state index >= 15 is 0 Å². The molecule has 2 nitrogen and oxygen atoms in total. The van der Waals surface area contributed by atoms with Crippen LogP contribution in [0.15, 0.2) is 0 Å². The molecule has 0 aliphatic heterocycles. The van der Waals surface area contributed by atoms with Crippen LogP contribution in [0.3, 0.4) is 0 Å². The molecule has 1 aliphatic carbocycles. The summed E-state index contributed by atoms with van der Waals surface area (Å²) < 4.78 is 0. The topological polar surface area (TPSA) is 20.3 Å². The van der Waals surface area contributed by atoms with E-state index in [1.54, 1.807) is 0 Å². The van der Waals surface area contributed by atoms with Crippen LogP contribution >= 0.6 is 0 Å². The lowest BCUT2D eigenvalue weighted by Gasteiger charge is -2.36. The van der Waals surface area contributed by atoms with Crippen LogP contribution in [-0.4, -0.2) is 29.8 Å². The highest BCUT2D eigenvalue weighted by Crippen LogP contribution is 2.22. The second kappa shape index (κ2) is 5.50. The second-order valence-electron chi connectivity index (χ2n) is 4.42. The quantitative estimate of drug-likeness (QED) is 0.690. The highest BCUT2D eigenvalue weighted by atomic mass is 16.1. The van der Waals surface area contributed by atoms with Gasteiger partial charge in [-0.1, -0.05) is 13.8 Å². The van der Waals surface area contributed by atoms with Gasteiger partial charge in [-0.05, 0) is 32.7 Å². The van der Waals surface area contributed by atoms with Gasteiger partial charge in [-0.2, -0.15) is 0 Å². The minimum atomic E-state index is 0.457. The summed E-state index contributed by atoms with van der Waals surface area (Å²) in [6, 6.07) is 1.17. The van der Waals surface area contributed by atoms with E-state index in [-0.39, 0.29) is 0 Å². The normalized spacial score (nSPS) is 23.5. The molecule has 0 amide bonds. The number of ketones is 1. The summed E-state index contributed by atoms with van der Waals surface area (Å²) in [5.41, 5.74) is 0. The summed E-state index contributed by atoms with van der Waals surface area (Å²) in [6.07, 6.45) is 6.28. The Labute approximate surface area is 87.7 Å². The monoisotopic (exact) mass is 197 g/mol. The predicted molar refractivity (Wildman–Crippen MR) is 59.4 cm³/mol. The summed E-state index contributed by atoms with van der Waals surface area (Å²) in [5, 5.41) is 0. The van der Waals surface area contributed by atoms with Gasteiger partial charge in [0.15, 0.2) is 0 Å². The van der Waals surface area contributed by atoms with Gasteiger partial charge in [-0.3, -0.25) is 4.79 Å². The van der Waals surface area contributed by atoms with Crippen molar-refractivity contribution in [1.29, 1.82) is 0 Å². The van der Waals surface area contributed by atoms with Crippen molar-refractivity contribution in [2.75, 3.05) is 7.05 Å². The number of hydrogen-bond donors (Lipinski definition) is 0. The Bertz CT molecular complexity index is 187. The van der Waals surface area contributed by atoms with E-state index in [4.69, 9.17) is 0 Å². The number of carbonyl (C=O) groups excluding carboxylic acids is 1. The molecule has 0 N–H and O–H groups in total. The first-order valence-corrected chi connectivity index (χ1v) is 5.92. The van der Waals surface area contributed by atoms with E-state index in [0.29, 0.717) is 17.9 Å².